The van der Waals surface area contributed by atoms with Crippen molar-refractivity contribution in [3.8, 4) is 0 Å². The maximum absolute atomic E-state index is 11.2. The third kappa shape index (κ3) is 2.10. The molecule has 2 aromatic rings. The van der Waals surface area contributed by atoms with Crippen molar-refractivity contribution in [1.29, 1.82) is 0 Å². The minimum absolute atomic E-state index is 0.0993. The van der Waals surface area contributed by atoms with E-state index in [0.29, 0.717) is 5.92 Å². The average molecular weight is 272 g/mol. The lowest BCUT2D eigenvalue weighted by molar-refractivity contribution is -0.136. The zero-order valence-corrected chi connectivity index (χ0v) is 11.9. The lowest BCUT2D eigenvalue weighted by Crippen LogP contribution is -2.28. The van der Waals surface area contributed by atoms with Crippen LogP contribution in [0.4, 0.5) is 0 Å². The van der Waals surface area contributed by atoms with E-state index >= 15 is 0 Å². The number of aromatic nitrogens is 1. The Bertz CT molecular complexity index is 671. The van der Waals surface area contributed by atoms with Gasteiger partial charge in [-0.15, -0.1) is 0 Å². The van der Waals surface area contributed by atoms with Crippen molar-refractivity contribution in [2.24, 2.45) is 0 Å². The van der Waals surface area contributed by atoms with Gasteiger partial charge in [0.1, 0.15) is 0 Å². The standard InChI is InChI=1S/C16H20N2O2/c1-10(2)11-3-4-14-12(7-11)13(8-16(19)20)15-9-17-5-6-18(14)15/h3-4,7,10,17H,5-6,8-9H2,1-2H3,(H,19,20). The van der Waals surface area contributed by atoms with Gasteiger partial charge in [-0.05, 0) is 29.2 Å². The molecule has 1 aliphatic rings. The molecule has 0 saturated heterocycles. The first kappa shape index (κ1) is 13.2. The van der Waals surface area contributed by atoms with Crippen molar-refractivity contribution >= 4 is 16.9 Å². The molecule has 1 aromatic heterocycles. The predicted octanol–water partition coefficient (Wildman–Crippen LogP) is 2.50. The highest BCUT2D eigenvalue weighted by Crippen LogP contribution is 2.31. The van der Waals surface area contributed by atoms with Gasteiger partial charge >= 0.3 is 5.97 Å². The van der Waals surface area contributed by atoms with E-state index < -0.39 is 5.97 Å². The monoisotopic (exact) mass is 272 g/mol. The van der Waals surface area contributed by atoms with Crippen LogP contribution >= 0.6 is 0 Å². The molecule has 4 heteroatoms. The van der Waals surface area contributed by atoms with Gasteiger partial charge in [-0.1, -0.05) is 19.9 Å². The zero-order chi connectivity index (χ0) is 14.3. The van der Waals surface area contributed by atoms with E-state index in [-0.39, 0.29) is 6.42 Å². The number of nitrogens with zero attached hydrogens (tertiary/aromatic N) is 1. The van der Waals surface area contributed by atoms with Gasteiger partial charge in [0, 0.05) is 36.2 Å². The summed E-state index contributed by atoms with van der Waals surface area (Å²) in [7, 11) is 0. The Morgan fingerprint density at radius 2 is 2.25 bits per heavy atom. The fraction of sp³-hybridized carbons (Fsp3) is 0.438. The molecule has 0 radical (unpaired) electrons. The largest absolute Gasteiger partial charge is 0.481 e. The van der Waals surface area contributed by atoms with Crippen LogP contribution < -0.4 is 5.32 Å². The van der Waals surface area contributed by atoms with E-state index in [0.717, 1.165) is 36.3 Å². The van der Waals surface area contributed by atoms with E-state index in [9.17, 15) is 9.90 Å². The molecule has 4 nitrogen and oxygen atoms in total. The summed E-state index contributed by atoms with van der Waals surface area (Å²) in [6.45, 7) is 6.93. The number of benzene rings is 1. The van der Waals surface area contributed by atoms with Crippen molar-refractivity contribution in [3.63, 3.8) is 0 Å². The molecule has 0 saturated carbocycles. The second-order valence-corrected chi connectivity index (χ2v) is 5.76. The van der Waals surface area contributed by atoms with Crippen LogP contribution in [0.5, 0.6) is 0 Å². The third-order valence-corrected chi connectivity index (χ3v) is 4.11. The van der Waals surface area contributed by atoms with Crippen LogP contribution in [0.15, 0.2) is 18.2 Å². The van der Waals surface area contributed by atoms with E-state index in [1.165, 1.54) is 11.1 Å². The number of nitrogens with one attached hydrogen (secondary N) is 1. The fourth-order valence-electron chi connectivity index (χ4n) is 3.06. The Morgan fingerprint density at radius 1 is 1.45 bits per heavy atom. The van der Waals surface area contributed by atoms with Crippen LogP contribution in [0.25, 0.3) is 10.9 Å². The van der Waals surface area contributed by atoms with Gasteiger partial charge in [-0.25, -0.2) is 0 Å². The Morgan fingerprint density at radius 3 is 2.95 bits per heavy atom. The van der Waals surface area contributed by atoms with Gasteiger partial charge in [0.2, 0.25) is 0 Å². The summed E-state index contributed by atoms with van der Waals surface area (Å²) in [6.07, 6.45) is 0.0993. The molecule has 0 fully saturated rings. The summed E-state index contributed by atoms with van der Waals surface area (Å²) in [5, 5.41) is 13.6. The first-order valence-electron chi connectivity index (χ1n) is 7.14. The Hall–Kier alpha value is -1.81. The zero-order valence-electron chi connectivity index (χ0n) is 11.9. The maximum Gasteiger partial charge on any atom is 0.307 e. The van der Waals surface area contributed by atoms with Gasteiger partial charge in [0.15, 0.2) is 0 Å². The molecule has 0 unspecified atom stereocenters. The molecular formula is C16H20N2O2. The normalized spacial score (nSPS) is 14.8. The Labute approximate surface area is 118 Å². The minimum Gasteiger partial charge on any atom is -0.481 e. The first-order chi connectivity index (χ1) is 9.58. The van der Waals surface area contributed by atoms with Gasteiger partial charge < -0.3 is 15.0 Å². The number of carboxylic acid groups (broad SMARTS) is 1. The molecule has 1 aromatic carbocycles. The molecule has 20 heavy (non-hydrogen) atoms. The lowest BCUT2D eigenvalue weighted by atomic mass is 9.99. The van der Waals surface area contributed by atoms with Crippen LogP contribution in [0.1, 0.15) is 36.6 Å². The number of rotatable bonds is 3. The van der Waals surface area contributed by atoms with Crippen LogP contribution in [-0.4, -0.2) is 22.2 Å². The number of carbonyl (C=O) groups is 1. The average Bonchev–Trinajstić information content (AvgIpc) is 2.73. The van der Waals surface area contributed by atoms with Crippen molar-refractivity contribution in [2.45, 2.75) is 39.3 Å². The molecule has 106 valence electrons. The first-order valence-corrected chi connectivity index (χ1v) is 7.14. The summed E-state index contributed by atoms with van der Waals surface area (Å²) in [5.74, 6) is -0.312. The van der Waals surface area contributed by atoms with Crippen LogP contribution in [-0.2, 0) is 24.3 Å². The molecule has 1 aliphatic heterocycles. The van der Waals surface area contributed by atoms with Gasteiger partial charge in [0.25, 0.3) is 0 Å². The Balaban J connectivity index is 2.25. The molecule has 0 spiro atoms. The molecule has 0 aliphatic carbocycles. The summed E-state index contributed by atoms with van der Waals surface area (Å²) in [4.78, 5) is 11.2. The second-order valence-electron chi connectivity index (χ2n) is 5.76. The fourth-order valence-corrected chi connectivity index (χ4v) is 3.06. The minimum atomic E-state index is -0.763. The van der Waals surface area contributed by atoms with E-state index in [2.05, 4.69) is 41.9 Å². The summed E-state index contributed by atoms with van der Waals surface area (Å²) in [6, 6.07) is 6.47. The molecule has 0 amide bonds. The summed E-state index contributed by atoms with van der Waals surface area (Å²) in [5.41, 5.74) is 4.54. The van der Waals surface area contributed by atoms with Crippen molar-refractivity contribution in [3.05, 3.63) is 35.0 Å². The molecular weight excluding hydrogens is 252 g/mol. The van der Waals surface area contributed by atoms with Gasteiger partial charge in [-0.3, -0.25) is 4.79 Å². The number of hydrogen-bond acceptors (Lipinski definition) is 2. The smallest absolute Gasteiger partial charge is 0.307 e. The van der Waals surface area contributed by atoms with E-state index in [1.54, 1.807) is 0 Å². The topological polar surface area (TPSA) is 54.3 Å². The van der Waals surface area contributed by atoms with Crippen molar-refractivity contribution in [1.82, 2.24) is 9.88 Å². The number of carboxylic acids is 1. The van der Waals surface area contributed by atoms with Crippen molar-refractivity contribution < 1.29 is 9.90 Å². The predicted molar refractivity (Wildman–Crippen MR) is 79.1 cm³/mol. The molecule has 0 atom stereocenters. The maximum atomic E-state index is 11.2. The van der Waals surface area contributed by atoms with Gasteiger partial charge in [-0.2, -0.15) is 0 Å². The van der Waals surface area contributed by atoms with Crippen molar-refractivity contribution in [2.75, 3.05) is 6.54 Å². The van der Waals surface area contributed by atoms with Crippen LogP contribution in [0.2, 0.25) is 0 Å². The summed E-state index contributed by atoms with van der Waals surface area (Å²) >= 11 is 0. The van der Waals surface area contributed by atoms with E-state index in [4.69, 9.17) is 0 Å². The second kappa shape index (κ2) is 4.94. The number of fused-ring (bicyclic) bond motifs is 3. The lowest BCUT2D eigenvalue weighted by Gasteiger charge is -2.18. The Kier molecular flexibility index (Phi) is 3.26. The van der Waals surface area contributed by atoms with Crippen LogP contribution in [0.3, 0.4) is 0 Å². The highest BCUT2D eigenvalue weighted by atomic mass is 16.4. The van der Waals surface area contributed by atoms with Crippen LogP contribution in [0, 0.1) is 0 Å². The highest BCUT2D eigenvalue weighted by molar-refractivity contribution is 5.90. The highest BCUT2D eigenvalue weighted by Gasteiger charge is 2.21. The molecule has 3 rings (SSSR count). The van der Waals surface area contributed by atoms with E-state index in [1.807, 2.05) is 0 Å². The third-order valence-electron chi connectivity index (χ3n) is 4.11. The molecule has 2 N–H and O–H groups in total. The SMILES string of the molecule is CC(C)c1ccc2c(c1)c(CC(=O)O)c1n2CCNC1. The summed E-state index contributed by atoms with van der Waals surface area (Å²) < 4.78 is 2.27. The molecule has 2 heterocycles. The quantitative estimate of drug-likeness (QED) is 0.902. The molecule has 0 bridgehead atoms. The number of aliphatic carboxylic acids is 1. The van der Waals surface area contributed by atoms with Gasteiger partial charge in [0.05, 0.1) is 6.42 Å². The number of hydrogen-bond donors (Lipinski definition) is 2.